The number of hydrogen-bond acceptors (Lipinski definition) is 0. The Morgan fingerprint density at radius 2 is 0.615 bits per heavy atom. The van der Waals surface area contributed by atoms with Crippen LogP contribution in [0.15, 0.2) is 206 Å². The van der Waals surface area contributed by atoms with E-state index in [1.807, 2.05) is 0 Å². The average Bonchev–Trinajstić information content (AvgIpc) is 3.56. The highest BCUT2D eigenvalue weighted by molar-refractivity contribution is 6.21. The molecular formula is C51H35N. The molecule has 0 N–H and O–H groups in total. The summed E-state index contributed by atoms with van der Waals surface area (Å²) in [6, 6.07) is 75.4. The number of para-hydroxylation sites is 2. The normalized spacial score (nSPS) is 12.2. The van der Waals surface area contributed by atoms with E-state index in [-0.39, 0.29) is 5.92 Å². The van der Waals surface area contributed by atoms with Gasteiger partial charge in [-0.1, -0.05) is 182 Å². The molecule has 52 heavy (non-hydrogen) atoms. The predicted molar refractivity (Wildman–Crippen MR) is 220 cm³/mol. The Bertz CT molecular complexity index is 2750. The first-order valence-electron chi connectivity index (χ1n) is 18.1. The zero-order chi connectivity index (χ0) is 34.4. The lowest BCUT2D eigenvalue weighted by atomic mass is 9.83. The summed E-state index contributed by atoms with van der Waals surface area (Å²) in [7, 11) is 0. The van der Waals surface area contributed by atoms with Crippen molar-refractivity contribution in [3.05, 3.63) is 223 Å². The predicted octanol–water partition coefficient (Wildman–Crippen LogP) is 13.6. The van der Waals surface area contributed by atoms with Crippen molar-refractivity contribution < 1.29 is 0 Å². The molecule has 1 heterocycles. The molecule has 244 valence electrons. The van der Waals surface area contributed by atoms with E-state index in [9.17, 15) is 0 Å². The van der Waals surface area contributed by atoms with Crippen molar-refractivity contribution in [3.8, 4) is 27.9 Å². The van der Waals surface area contributed by atoms with E-state index in [0.717, 1.165) is 0 Å². The molecule has 0 amide bonds. The summed E-state index contributed by atoms with van der Waals surface area (Å²) < 4.78 is 2.39. The van der Waals surface area contributed by atoms with Crippen LogP contribution in [0.4, 0.5) is 0 Å². The Labute approximate surface area is 303 Å². The quantitative estimate of drug-likeness (QED) is 0.123. The molecule has 1 atom stereocenters. The monoisotopic (exact) mass is 661 g/mol. The average molecular weight is 662 g/mol. The van der Waals surface area contributed by atoms with E-state index in [4.69, 9.17) is 0 Å². The van der Waals surface area contributed by atoms with Crippen molar-refractivity contribution in [1.82, 2.24) is 4.57 Å². The summed E-state index contributed by atoms with van der Waals surface area (Å²) in [6.07, 6.45) is 0. The lowest BCUT2D eigenvalue weighted by molar-refractivity contribution is 0.975. The molecule has 10 aromatic rings. The lowest BCUT2D eigenvalue weighted by Gasteiger charge is -2.21. The third-order valence-electron chi connectivity index (χ3n) is 10.7. The van der Waals surface area contributed by atoms with E-state index in [1.54, 1.807) is 0 Å². The van der Waals surface area contributed by atoms with Crippen LogP contribution in [0.25, 0.3) is 71.3 Å². The van der Waals surface area contributed by atoms with Crippen LogP contribution in [0.1, 0.15) is 22.6 Å². The van der Waals surface area contributed by atoms with Gasteiger partial charge in [0.1, 0.15) is 0 Å². The first-order chi connectivity index (χ1) is 25.8. The third-order valence-corrected chi connectivity index (χ3v) is 10.7. The van der Waals surface area contributed by atoms with Gasteiger partial charge in [-0.25, -0.2) is 0 Å². The van der Waals surface area contributed by atoms with E-state index in [2.05, 4.69) is 211 Å². The number of hydrogen-bond donors (Lipinski definition) is 0. The number of rotatable bonds is 6. The van der Waals surface area contributed by atoms with Crippen molar-refractivity contribution in [3.63, 3.8) is 0 Å². The van der Waals surface area contributed by atoms with Crippen LogP contribution in [0.2, 0.25) is 0 Å². The van der Waals surface area contributed by atoms with Crippen LogP contribution >= 0.6 is 0 Å². The zero-order valence-electron chi connectivity index (χ0n) is 28.7. The van der Waals surface area contributed by atoms with Gasteiger partial charge in [0, 0.05) is 22.4 Å². The summed E-state index contributed by atoms with van der Waals surface area (Å²) in [6.45, 7) is 0. The second-order valence-electron chi connectivity index (χ2n) is 13.6. The zero-order valence-corrected chi connectivity index (χ0v) is 28.7. The highest BCUT2D eigenvalue weighted by Gasteiger charge is 2.20. The van der Waals surface area contributed by atoms with Crippen LogP contribution in [0.3, 0.4) is 0 Å². The van der Waals surface area contributed by atoms with Gasteiger partial charge in [-0.05, 0) is 84.8 Å². The summed E-state index contributed by atoms with van der Waals surface area (Å²) >= 11 is 0. The molecule has 0 fully saturated rings. The molecule has 9 aromatic carbocycles. The van der Waals surface area contributed by atoms with Gasteiger partial charge < -0.3 is 4.57 Å². The van der Waals surface area contributed by atoms with Gasteiger partial charge in [0.25, 0.3) is 0 Å². The first-order valence-corrected chi connectivity index (χ1v) is 18.1. The fourth-order valence-electron chi connectivity index (χ4n) is 8.44. The minimum atomic E-state index is 0.0939. The molecular weight excluding hydrogens is 627 g/mol. The molecule has 1 nitrogen and oxygen atoms in total. The second-order valence-corrected chi connectivity index (χ2v) is 13.6. The largest absolute Gasteiger partial charge is 0.309 e. The molecule has 0 saturated carbocycles. The van der Waals surface area contributed by atoms with Gasteiger partial charge in [0.15, 0.2) is 0 Å². The number of fused-ring (bicyclic) bond motifs is 5. The fraction of sp³-hybridized carbons (Fsp3) is 0.0196. The Morgan fingerprint density at radius 1 is 0.269 bits per heavy atom. The molecule has 0 aliphatic heterocycles. The fourth-order valence-corrected chi connectivity index (χ4v) is 8.44. The topological polar surface area (TPSA) is 4.93 Å². The minimum Gasteiger partial charge on any atom is -0.309 e. The van der Waals surface area contributed by atoms with Gasteiger partial charge in [0.05, 0.1) is 11.0 Å². The van der Waals surface area contributed by atoms with Gasteiger partial charge in [-0.3, -0.25) is 0 Å². The minimum absolute atomic E-state index is 0.0939. The molecule has 0 radical (unpaired) electrons. The highest BCUT2D eigenvalue weighted by Crippen LogP contribution is 2.44. The van der Waals surface area contributed by atoms with Gasteiger partial charge in [-0.15, -0.1) is 0 Å². The molecule has 1 aromatic heterocycles. The van der Waals surface area contributed by atoms with Crippen molar-refractivity contribution in [1.29, 1.82) is 0 Å². The lowest BCUT2D eigenvalue weighted by Crippen LogP contribution is -2.04. The molecule has 0 spiro atoms. The molecule has 0 saturated heterocycles. The summed E-state index contributed by atoms with van der Waals surface area (Å²) in [5.41, 5.74) is 12.5. The Hall–Kier alpha value is -6.70. The molecule has 1 heteroatoms. The van der Waals surface area contributed by atoms with Crippen molar-refractivity contribution >= 4 is 43.4 Å². The van der Waals surface area contributed by atoms with E-state index >= 15 is 0 Å². The third kappa shape index (κ3) is 4.93. The summed E-state index contributed by atoms with van der Waals surface area (Å²) in [5, 5.41) is 7.65. The molecule has 0 aliphatic rings. The maximum atomic E-state index is 2.39. The summed E-state index contributed by atoms with van der Waals surface area (Å²) in [5.74, 6) is 0.0939. The standard InChI is InChI=1S/C51H35N/c1-3-15-35(16-4-1)49(38-31-33-40(34-32-38)52-47-25-13-11-19-41(47)42-20-12-14-26-48(42)52)37-27-29-39(30-28-37)51-45-23-9-7-21-43(45)50(36-17-5-2-6-18-36)44-22-8-10-24-46(44)51/h1-34,49H. The van der Waals surface area contributed by atoms with Crippen LogP contribution in [0, 0.1) is 0 Å². The van der Waals surface area contributed by atoms with E-state index in [0.29, 0.717) is 0 Å². The van der Waals surface area contributed by atoms with Crippen LogP contribution in [-0.2, 0) is 0 Å². The molecule has 0 bridgehead atoms. The first kappa shape index (κ1) is 30.2. The van der Waals surface area contributed by atoms with Crippen LogP contribution in [-0.4, -0.2) is 4.57 Å². The Morgan fingerprint density at radius 3 is 1.10 bits per heavy atom. The molecule has 10 rings (SSSR count). The van der Waals surface area contributed by atoms with Gasteiger partial charge in [0.2, 0.25) is 0 Å². The van der Waals surface area contributed by atoms with Gasteiger partial charge in [-0.2, -0.15) is 0 Å². The highest BCUT2D eigenvalue weighted by atomic mass is 15.0. The maximum absolute atomic E-state index is 2.39. The SMILES string of the molecule is c1ccc(-c2c3ccccc3c(-c3ccc(C(c4ccccc4)c4ccc(-n5c6ccccc6c6ccccc65)cc4)cc3)c3ccccc23)cc1. The van der Waals surface area contributed by atoms with Crippen molar-refractivity contribution in [2.75, 3.05) is 0 Å². The Kier molecular flexibility index (Phi) is 7.29. The van der Waals surface area contributed by atoms with E-state index in [1.165, 1.54) is 88.0 Å². The molecule has 1 unspecified atom stereocenters. The Balaban J connectivity index is 1.09. The number of benzene rings is 9. The van der Waals surface area contributed by atoms with Crippen molar-refractivity contribution in [2.24, 2.45) is 0 Å². The summed E-state index contributed by atoms with van der Waals surface area (Å²) in [4.78, 5) is 0. The van der Waals surface area contributed by atoms with E-state index < -0.39 is 0 Å². The smallest absolute Gasteiger partial charge is 0.0541 e. The number of nitrogens with zero attached hydrogens (tertiary/aromatic N) is 1. The van der Waals surface area contributed by atoms with Crippen LogP contribution < -0.4 is 0 Å². The molecule has 0 aliphatic carbocycles. The second kappa shape index (κ2) is 12.6. The number of aromatic nitrogens is 1. The van der Waals surface area contributed by atoms with Crippen molar-refractivity contribution in [2.45, 2.75) is 5.92 Å². The van der Waals surface area contributed by atoms with Crippen LogP contribution in [0.5, 0.6) is 0 Å². The maximum Gasteiger partial charge on any atom is 0.0541 e. The van der Waals surface area contributed by atoms with Gasteiger partial charge >= 0.3 is 0 Å².